The Hall–Kier alpha value is -0.530. The van der Waals surface area contributed by atoms with Crippen molar-refractivity contribution in [2.24, 2.45) is 17.6 Å². The number of hydrogen-bond donors (Lipinski definition) is 1. The van der Waals surface area contributed by atoms with Crippen molar-refractivity contribution in [2.45, 2.75) is 64.7 Å². The first kappa shape index (κ1) is 12.5. The van der Waals surface area contributed by atoms with Gasteiger partial charge in [-0.05, 0) is 24.7 Å². The van der Waals surface area contributed by atoms with Crippen LogP contribution in [0.2, 0.25) is 0 Å². The second-order valence-corrected chi connectivity index (χ2v) is 5.20. The van der Waals surface area contributed by atoms with E-state index in [2.05, 4.69) is 6.92 Å². The van der Waals surface area contributed by atoms with Gasteiger partial charge in [0, 0.05) is 6.42 Å². The van der Waals surface area contributed by atoms with Crippen LogP contribution in [-0.4, -0.2) is 5.91 Å². The molecule has 2 heteroatoms. The zero-order valence-electron chi connectivity index (χ0n) is 10.0. The highest BCUT2D eigenvalue weighted by Crippen LogP contribution is 2.30. The number of nitrogens with two attached hydrogens (primary N) is 1. The molecular weight excluding hydrogens is 186 g/mol. The zero-order chi connectivity index (χ0) is 11.1. The van der Waals surface area contributed by atoms with Gasteiger partial charge >= 0.3 is 0 Å². The van der Waals surface area contributed by atoms with Gasteiger partial charge in [0.1, 0.15) is 0 Å². The highest BCUT2D eigenvalue weighted by Gasteiger charge is 2.16. The maximum absolute atomic E-state index is 10.6. The number of hydrogen-bond acceptors (Lipinski definition) is 1. The maximum atomic E-state index is 10.6. The van der Waals surface area contributed by atoms with Crippen LogP contribution in [0.3, 0.4) is 0 Å². The van der Waals surface area contributed by atoms with Crippen LogP contribution in [0.1, 0.15) is 64.7 Å². The highest BCUT2D eigenvalue weighted by molar-refractivity contribution is 5.73. The number of amides is 1. The molecule has 1 fully saturated rings. The van der Waals surface area contributed by atoms with E-state index in [1.165, 1.54) is 44.9 Å². The van der Waals surface area contributed by atoms with E-state index in [1.807, 2.05) is 0 Å². The zero-order valence-corrected chi connectivity index (χ0v) is 10.0. The molecule has 0 aromatic heterocycles. The first-order valence-corrected chi connectivity index (χ1v) is 6.46. The van der Waals surface area contributed by atoms with Crippen molar-refractivity contribution in [1.82, 2.24) is 0 Å². The summed E-state index contributed by atoms with van der Waals surface area (Å²) in [5, 5.41) is 0. The third-order valence-electron chi connectivity index (χ3n) is 3.58. The van der Waals surface area contributed by atoms with Gasteiger partial charge in [-0.25, -0.2) is 0 Å². The number of carbonyl (C=O) groups is 1. The van der Waals surface area contributed by atoms with E-state index in [1.54, 1.807) is 0 Å². The molecule has 1 saturated carbocycles. The molecule has 1 amide bonds. The van der Waals surface area contributed by atoms with Gasteiger partial charge in [0.15, 0.2) is 0 Å². The van der Waals surface area contributed by atoms with Crippen LogP contribution < -0.4 is 5.73 Å². The van der Waals surface area contributed by atoms with Crippen molar-refractivity contribution < 1.29 is 4.79 Å². The molecule has 1 rings (SSSR count). The average molecular weight is 211 g/mol. The fraction of sp³-hybridized carbons (Fsp3) is 0.923. The molecule has 0 aliphatic heterocycles. The molecule has 15 heavy (non-hydrogen) atoms. The first-order chi connectivity index (χ1) is 7.18. The Morgan fingerprint density at radius 1 is 1.33 bits per heavy atom. The first-order valence-electron chi connectivity index (χ1n) is 6.46. The number of primary amides is 1. The van der Waals surface area contributed by atoms with Crippen molar-refractivity contribution in [3.63, 3.8) is 0 Å². The lowest BCUT2D eigenvalue weighted by molar-refractivity contribution is -0.118. The molecule has 1 aliphatic carbocycles. The van der Waals surface area contributed by atoms with Crippen molar-refractivity contribution in [2.75, 3.05) is 0 Å². The van der Waals surface area contributed by atoms with Crippen LogP contribution >= 0.6 is 0 Å². The van der Waals surface area contributed by atoms with E-state index in [4.69, 9.17) is 5.73 Å². The monoisotopic (exact) mass is 211 g/mol. The second kappa shape index (κ2) is 6.86. The lowest BCUT2D eigenvalue weighted by Crippen LogP contribution is -2.12. The Balaban J connectivity index is 2.06. The Bertz CT molecular complexity index is 185. The van der Waals surface area contributed by atoms with E-state index < -0.39 is 0 Å². The average Bonchev–Trinajstić information content (AvgIpc) is 2.18. The fourth-order valence-electron chi connectivity index (χ4n) is 2.73. The van der Waals surface area contributed by atoms with Crippen LogP contribution in [0.15, 0.2) is 0 Å². The van der Waals surface area contributed by atoms with Gasteiger partial charge in [-0.15, -0.1) is 0 Å². The molecule has 1 atom stereocenters. The van der Waals surface area contributed by atoms with Crippen molar-refractivity contribution in [3.8, 4) is 0 Å². The summed E-state index contributed by atoms with van der Waals surface area (Å²) in [6, 6.07) is 0. The molecular formula is C13H25NO. The summed E-state index contributed by atoms with van der Waals surface area (Å²) < 4.78 is 0. The van der Waals surface area contributed by atoms with E-state index >= 15 is 0 Å². The Labute approximate surface area is 93.6 Å². The second-order valence-electron chi connectivity index (χ2n) is 5.20. The van der Waals surface area contributed by atoms with Crippen LogP contribution in [0.25, 0.3) is 0 Å². The van der Waals surface area contributed by atoms with E-state index in [0.717, 1.165) is 18.3 Å². The predicted octanol–water partition coefficient (Wildman–Crippen LogP) is 3.25. The molecule has 0 aromatic carbocycles. The molecule has 0 spiro atoms. The molecule has 88 valence electrons. The van der Waals surface area contributed by atoms with Gasteiger partial charge in [-0.3, -0.25) is 4.79 Å². The van der Waals surface area contributed by atoms with Crippen molar-refractivity contribution in [3.05, 3.63) is 0 Å². The van der Waals surface area contributed by atoms with E-state index in [-0.39, 0.29) is 5.91 Å². The lowest BCUT2D eigenvalue weighted by atomic mass is 9.82. The molecule has 0 radical (unpaired) electrons. The van der Waals surface area contributed by atoms with Gasteiger partial charge in [-0.2, -0.15) is 0 Å². The lowest BCUT2D eigenvalue weighted by Gasteiger charge is -2.24. The van der Waals surface area contributed by atoms with Crippen LogP contribution in [-0.2, 0) is 4.79 Å². The molecule has 2 nitrogen and oxygen atoms in total. The minimum atomic E-state index is -0.153. The third-order valence-corrected chi connectivity index (χ3v) is 3.58. The number of carbonyl (C=O) groups excluding carboxylic acids is 1. The topological polar surface area (TPSA) is 43.1 Å². The predicted molar refractivity (Wildman–Crippen MR) is 63.4 cm³/mol. The highest BCUT2D eigenvalue weighted by atomic mass is 16.1. The van der Waals surface area contributed by atoms with Crippen LogP contribution in [0.5, 0.6) is 0 Å². The minimum Gasteiger partial charge on any atom is -0.370 e. The fourth-order valence-corrected chi connectivity index (χ4v) is 2.73. The van der Waals surface area contributed by atoms with E-state index in [0.29, 0.717) is 6.42 Å². The Morgan fingerprint density at radius 2 is 2.00 bits per heavy atom. The third kappa shape index (κ3) is 5.81. The molecule has 0 bridgehead atoms. The molecule has 1 unspecified atom stereocenters. The normalized spacial score (nSPS) is 20.1. The Kier molecular flexibility index (Phi) is 5.74. The van der Waals surface area contributed by atoms with Gasteiger partial charge in [0.25, 0.3) is 0 Å². The van der Waals surface area contributed by atoms with E-state index in [9.17, 15) is 4.79 Å². The van der Waals surface area contributed by atoms with Gasteiger partial charge < -0.3 is 5.73 Å². The summed E-state index contributed by atoms with van der Waals surface area (Å²) in [5.41, 5.74) is 5.12. The number of rotatable bonds is 6. The largest absolute Gasteiger partial charge is 0.370 e. The van der Waals surface area contributed by atoms with Crippen molar-refractivity contribution >= 4 is 5.91 Å². The molecule has 1 aliphatic rings. The smallest absolute Gasteiger partial charge is 0.217 e. The summed E-state index contributed by atoms with van der Waals surface area (Å²) in [6.07, 6.45) is 11.2. The van der Waals surface area contributed by atoms with Gasteiger partial charge in [0.05, 0.1) is 0 Å². The molecule has 0 aromatic rings. The standard InChI is InChI=1S/C13H25NO/c1-11(6-5-9-13(14)15)10-12-7-3-2-4-8-12/h11-12H,2-10H2,1H3,(H2,14,15). The van der Waals surface area contributed by atoms with Crippen molar-refractivity contribution in [1.29, 1.82) is 0 Å². The quantitative estimate of drug-likeness (QED) is 0.720. The summed E-state index contributed by atoms with van der Waals surface area (Å²) in [4.78, 5) is 10.6. The molecule has 0 heterocycles. The van der Waals surface area contributed by atoms with Gasteiger partial charge in [0.2, 0.25) is 5.91 Å². The van der Waals surface area contributed by atoms with Crippen LogP contribution in [0.4, 0.5) is 0 Å². The minimum absolute atomic E-state index is 0.153. The molecule has 2 N–H and O–H groups in total. The summed E-state index contributed by atoms with van der Waals surface area (Å²) in [7, 11) is 0. The summed E-state index contributed by atoms with van der Waals surface area (Å²) >= 11 is 0. The summed E-state index contributed by atoms with van der Waals surface area (Å²) in [6.45, 7) is 2.32. The maximum Gasteiger partial charge on any atom is 0.217 e. The summed E-state index contributed by atoms with van der Waals surface area (Å²) in [5.74, 6) is 1.58. The van der Waals surface area contributed by atoms with Gasteiger partial charge in [-0.1, -0.05) is 45.4 Å². The molecule has 0 saturated heterocycles. The SMILES string of the molecule is CC(CCCC(N)=O)CC1CCCCC1. The van der Waals surface area contributed by atoms with Crippen LogP contribution in [0, 0.1) is 11.8 Å². The Morgan fingerprint density at radius 3 is 2.60 bits per heavy atom.